The quantitative estimate of drug-likeness (QED) is 0.722. The van der Waals surface area contributed by atoms with Crippen LogP contribution in [0.4, 0.5) is 11.6 Å². The smallest absolute Gasteiger partial charge is 0.227 e. The molecule has 1 N–H and O–H groups in total. The van der Waals surface area contributed by atoms with Gasteiger partial charge in [-0.15, -0.1) is 0 Å². The molecule has 0 radical (unpaired) electrons. The van der Waals surface area contributed by atoms with E-state index in [-0.39, 0.29) is 37.1 Å². The molecule has 0 bridgehead atoms. The number of nitrogens with one attached hydrogen (secondary N) is 1. The number of hydrogen-bond donors (Lipinski definition) is 1. The van der Waals surface area contributed by atoms with Crippen molar-refractivity contribution in [3.05, 3.63) is 48.8 Å². The van der Waals surface area contributed by atoms with Gasteiger partial charge in [-0.2, -0.15) is 5.26 Å². The average Bonchev–Trinajstić information content (AvgIpc) is 2.79. The standard InChI is InChI=1S/C22H26N6O2/c23-12-5-16-28(19-8-2-1-3-9-19)21(30)11-10-20(29)26-18-7-4-15-27(17-18)22-24-13-6-14-25-22/h1-3,6,8-9,13-14,18H,4-5,7,10-11,15-17H2,(H,26,29). The van der Waals surface area contributed by atoms with Crippen molar-refractivity contribution >= 4 is 23.5 Å². The van der Waals surface area contributed by atoms with Crippen molar-refractivity contribution in [3.8, 4) is 6.07 Å². The first-order chi connectivity index (χ1) is 14.7. The maximum absolute atomic E-state index is 12.7. The Hall–Kier alpha value is -3.47. The van der Waals surface area contributed by atoms with Crippen molar-refractivity contribution in [1.82, 2.24) is 15.3 Å². The summed E-state index contributed by atoms with van der Waals surface area (Å²) in [6.45, 7) is 1.83. The number of piperidine rings is 1. The van der Waals surface area contributed by atoms with Gasteiger partial charge in [0.2, 0.25) is 17.8 Å². The van der Waals surface area contributed by atoms with Crippen LogP contribution < -0.4 is 15.1 Å². The van der Waals surface area contributed by atoms with Crippen molar-refractivity contribution in [2.45, 2.75) is 38.1 Å². The lowest BCUT2D eigenvalue weighted by Gasteiger charge is -2.33. The van der Waals surface area contributed by atoms with Crippen LogP contribution in [0.3, 0.4) is 0 Å². The summed E-state index contributed by atoms with van der Waals surface area (Å²) in [4.78, 5) is 37.3. The molecule has 0 aliphatic carbocycles. The second kappa shape index (κ2) is 10.9. The molecule has 2 amide bonds. The molecule has 1 atom stereocenters. The van der Waals surface area contributed by atoms with Crippen LogP contribution in [-0.4, -0.2) is 47.5 Å². The fourth-order valence-electron chi connectivity index (χ4n) is 3.55. The summed E-state index contributed by atoms with van der Waals surface area (Å²) in [5.41, 5.74) is 0.740. The molecule has 2 aromatic rings. The van der Waals surface area contributed by atoms with E-state index in [0.717, 1.165) is 25.1 Å². The third-order valence-corrected chi connectivity index (χ3v) is 5.00. The van der Waals surface area contributed by atoms with Crippen molar-refractivity contribution < 1.29 is 9.59 Å². The van der Waals surface area contributed by atoms with Crippen LogP contribution in [0.2, 0.25) is 0 Å². The molecule has 1 fully saturated rings. The number of nitriles is 1. The zero-order valence-corrected chi connectivity index (χ0v) is 16.9. The van der Waals surface area contributed by atoms with Crippen molar-refractivity contribution in [3.63, 3.8) is 0 Å². The molecule has 8 nitrogen and oxygen atoms in total. The van der Waals surface area contributed by atoms with E-state index < -0.39 is 0 Å². The van der Waals surface area contributed by atoms with E-state index in [1.165, 1.54) is 0 Å². The number of para-hydroxylation sites is 1. The first-order valence-electron chi connectivity index (χ1n) is 10.2. The summed E-state index contributed by atoms with van der Waals surface area (Å²) in [6.07, 6.45) is 5.71. The molecule has 1 aliphatic heterocycles. The van der Waals surface area contributed by atoms with Gasteiger partial charge in [0, 0.05) is 56.6 Å². The van der Waals surface area contributed by atoms with Gasteiger partial charge in [-0.3, -0.25) is 9.59 Å². The number of benzene rings is 1. The van der Waals surface area contributed by atoms with Gasteiger partial charge in [0.25, 0.3) is 0 Å². The molecule has 8 heteroatoms. The van der Waals surface area contributed by atoms with Crippen molar-refractivity contribution in [2.24, 2.45) is 0 Å². The summed E-state index contributed by atoms with van der Waals surface area (Å²) < 4.78 is 0. The number of carbonyl (C=O) groups is 2. The van der Waals surface area contributed by atoms with Crippen LogP contribution >= 0.6 is 0 Å². The summed E-state index contributed by atoms with van der Waals surface area (Å²) in [5.74, 6) is 0.370. The largest absolute Gasteiger partial charge is 0.352 e. The predicted molar refractivity (Wildman–Crippen MR) is 114 cm³/mol. The van der Waals surface area contributed by atoms with E-state index >= 15 is 0 Å². The average molecular weight is 406 g/mol. The zero-order valence-electron chi connectivity index (χ0n) is 16.9. The summed E-state index contributed by atoms with van der Waals surface area (Å²) in [6, 6.07) is 13.1. The highest BCUT2D eigenvalue weighted by Crippen LogP contribution is 2.17. The van der Waals surface area contributed by atoms with Gasteiger partial charge >= 0.3 is 0 Å². The first kappa shape index (κ1) is 21.2. The molecule has 0 spiro atoms. The maximum Gasteiger partial charge on any atom is 0.227 e. The van der Waals surface area contributed by atoms with E-state index in [1.807, 2.05) is 30.3 Å². The second-order valence-electron chi connectivity index (χ2n) is 7.19. The minimum atomic E-state index is -0.158. The predicted octanol–water partition coefficient (Wildman–Crippen LogP) is 2.29. The summed E-state index contributed by atoms with van der Waals surface area (Å²) >= 11 is 0. The summed E-state index contributed by atoms with van der Waals surface area (Å²) in [5, 5.41) is 11.9. The van der Waals surface area contributed by atoms with Crippen LogP contribution in [0.15, 0.2) is 48.8 Å². The van der Waals surface area contributed by atoms with Gasteiger partial charge in [-0.1, -0.05) is 18.2 Å². The molecular weight excluding hydrogens is 380 g/mol. The van der Waals surface area contributed by atoms with Gasteiger partial charge in [0.1, 0.15) is 0 Å². The number of hydrogen-bond acceptors (Lipinski definition) is 6. The molecule has 30 heavy (non-hydrogen) atoms. The molecule has 2 heterocycles. The van der Waals surface area contributed by atoms with Crippen LogP contribution in [0.25, 0.3) is 0 Å². The molecule has 1 unspecified atom stereocenters. The van der Waals surface area contributed by atoms with Gasteiger partial charge in [0.05, 0.1) is 12.5 Å². The van der Waals surface area contributed by atoms with Gasteiger partial charge in [-0.05, 0) is 31.0 Å². The van der Waals surface area contributed by atoms with E-state index in [0.29, 0.717) is 19.0 Å². The highest BCUT2D eigenvalue weighted by Gasteiger charge is 2.23. The number of amides is 2. The van der Waals surface area contributed by atoms with Crippen LogP contribution in [0, 0.1) is 11.3 Å². The number of aromatic nitrogens is 2. The van der Waals surface area contributed by atoms with Gasteiger partial charge < -0.3 is 15.1 Å². The van der Waals surface area contributed by atoms with Crippen LogP contribution in [0.1, 0.15) is 32.1 Å². The van der Waals surface area contributed by atoms with Crippen molar-refractivity contribution in [1.29, 1.82) is 5.26 Å². The van der Waals surface area contributed by atoms with Gasteiger partial charge in [0.15, 0.2) is 0 Å². The van der Waals surface area contributed by atoms with E-state index in [4.69, 9.17) is 5.26 Å². The van der Waals surface area contributed by atoms with E-state index in [9.17, 15) is 9.59 Å². The monoisotopic (exact) mass is 406 g/mol. The summed E-state index contributed by atoms with van der Waals surface area (Å²) in [7, 11) is 0. The molecule has 156 valence electrons. The first-order valence-corrected chi connectivity index (χ1v) is 10.2. The normalized spacial score (nSPS) is 15.8. The molecule has 1 aliphatic rings. The fourth-order valence-corrected chi connectivity index (χ4v) is 3.55. The Morgan fingerprint density at radius 1 is 1.17 bits per heavy atom. The highest BCUT2D eigenvalue weighted by atomic mass is 16.2. The molecule has 1 aromatic carbocycles. The SMILES string of the molecule is N#CCCN(C(=O)CCC(=O)NC1CCCN(c2ncccn2)C1)c1ccccc1. The van der Waals surface area contributed by atoms with Gasteiger partial charge in [-0.25, -0.2) is 9.97 Å². The number of anilines is 2. The third kappa shape index (κ3) is 6.01. The Morgan fingerprint density at radius 3 is 2.67 bits per heavy atom. The highest BCUT2D eigenvalue weighted by molar-refractivity contribution is 5.95. The Kier molecular flexibility index (Phi) is 7.72. The molecule has 3 rings (SSSR count). The van der Waals surface area contributed by atoms with E-state index in [2.05, 4.69) is 26.3 Å². The van der Waals surface area contributed by atoms with Crippen LogP contribution in [0.5, 0.6) is 0 Å². The minimum absolute atomic E-state index is 0.00831. The fraction of sp³-hybridized carbons (Fsp3) is 0.409. The molecule has 1 aromatic heterocycles. The van der Waals surface area contributed by atoms with E-state index in [1.54, 1.807) is 23.4 Å². The lowest BCUT2D eigenvalue weighted by molar-refractivity contribution is -0.125. The molecular formula is C22H26N6O2. The number of nitrogens with zero attached hydrogens (tertiary/aromatic N) is 5. The molecule has 0 saturated carbocycles. The Morgan fingerprint density at radius 2 is 1.93 bits per heavy atom. The topological polar surface area (TPSA) is 102 Å². The van der Waals surface area contributed by atoms with Crippen molar-refractivity contribution in [2.75, 3.05) is 29.4 Å². The maximum atomic E-state index is 12.7. The lowest BCUT2D eigenvalue weighted by Crippen LogP contribution is -2.48. The van der Waals surface area contributed by atoms with Crippen LogP contribution in [-0.2, 0) is 9.59 Å². The Bertz CT molecular complexity index is 868. The minimum Gasteiger partial charge on any atom is -0.352 e. The Labute approximate surface area is 176 Å². The zero-order chi connectivity index (χ0) is 21.2. The third-order valence-electron chi connectivity index (χ3n) is 5.00. The lowest BCUT2D eigenvalue weighted by atomic mass is 10.1. The number of carbonyl (C=O) groups excluding carboxylic acids is 2. The Balaban J connectivity index is 1.50. The molecule has 1 saturated heterocycles. The number of rotatable bonds is 8. The second-order valence-corrected chi connectivity index (χ2v) is 7.19.